The first-order valence-corrected chi connectivity index (χ1v) is 35.6. The van der Waals surface area contributed by atoms with E-state index in [0.29, 0.717) is 17.4 Å². The second-order valence-electron chi connectivity index (χ2n) is 24.0. The van der Waals surface area contributed by atoms with Gasteiger partial charge < -0.3 is 19.4 Å². The second kappa shape index (κ2) is 61.0. The van der Waals surface area contributed by atoms with Crippen molar-refractivity contribution in [2.45, 2.75) is 309 Å². The zero-order chi connectivity index (χ0) is 60.0. The number of carbonyl (C=O) groups excluding carboxylic acids is 2. The molecule has 0 fully saturated rings. The first kappa shape index (κ1) is 78.9. The highest BCUT2D eigenvalue weighted by atomic mass is 31.2. The molecule has 2 N–H and O–H groups in total. The molecule has 0 bridgehead atoms. The summed E-state index contributed by atoms with van der Waals surface area (Å²) >= 11 is 0. The van der Waals surface area contributed by atoms with Gasteiger partial charge in [-0.15, -0.1) is 0 Å². The van der Waals surface area contributed by atoms with E-state index in [1.54, 1.807) is 0 Å². The number of hydrogen-bond donors (Lipinski definition) is 2. The molecule has 82 heavy (non-hydrogen) atoms. The van der Waals surface area contributed by atoms with Gasteiger partial charge in [-0.3, -0.25) is 18.6 Å². The monoisotopic (exact) mass is 1170 g/mol. The van der Waals surface area contributed by atoms with Crippen LogP contribution in [0.5, 0.6) is 0 Å². The van der Waals surface area contributed by atoms with Crippen molar-refractivity contribution >= 4 is 19.7 Å². The number of hydrogen-bond acceptors (Lipinski definition) is 6. The molecule has 10 heteroatoms. The summed E-state index contributed by atoms with van der Waals surface area (Å²) in [7, 11) is 1.48. The average molecular weight is 1170 g/mol. The number of ether oxygens (including phenoxy) is 1. The van der Waals surface area contributed by atoms with E-state index in [-0.39, 0.29) is 31.5 Å². The number of allylic oxidation sites excluding steroid dienone is 15. The number of esters is 1. The van der Waals surface area contributed by atoms with E-state index in [1.165, 1.54) is 154 Å². The van der Waals surface area contributed by atoms with Crippen LogP contribution >= 0.6 is 7.82 Å². The number of phosphoric ester groups is 1. The van der Waals surface area contributed by atoms with E-state index in [2.05, 4.69) is 111 Å². The van der Waals surface area contributed by atoms with Gasteiger partial charge in [0, 0.05) is 12.8 Å². The van der Waals surface area contributed by atoms with E-state index < -0.39 is 20.0 Å². The molecule has 0 aromatic rings. The summed E-state index contributed by atoms with van der Waals surface area (Å²) in [6.45, 7) is 6.88. The summed E-state index contributed by atoms with van der Waals surface area (Å²) in [5, 5.41) is 3.06. The van der Waals surface area contributed by atoms with Crippen molar-refractivity contribution in [3.63, 3.8) is 0 Å². The Morgan fingerprint density at radius 1 is 0.439 bits per heavy atom. The topological polar surface area (TPSA) is 111 Å². The number of amides is 1. The third-order valence-corrected chi connectivity index (χ3v) is 15.7. The van der Waals surface area contributed by atoms with Crippen LogP contribution in [0.25, 0.3) is 0 Å². The quantitative estimate of drug-likeness (QED) is 0.0205. The molecule has 474 valence electrons. The maximum Gasteiger partial charge on any atom is 0.472 e. The number of nitrogens with zero attached hydrogens (tertiary/aromatic N) is 1. The zero-order valence-electron chi connectivity index (χ0n) is 54.2. The Hall–Kier alpha value is -3.07. The van der Waals surface area contributed by atoms with E-state index >= 15 is 0 Å². The Morgan fingerprint density at radius 3 is 1.20 bits per heavy atom. The molecule has 0 heterocycles. The molecule has 0 saturated heterocycles. The normalized spacial score (nSPS) is 14.2. The molecule has 0 rings (SSSR count). The lowest BCUT2D eigenvalue weighted by Gasteiger charge is -2.27. The van der Waals surface area contributed by atoms with E-state index in [4.69, 9.17) is 13.8 Å². The van der Waals surface area contributed by atoms with Crippen LogP contribution in [0.1, 0.15) is 297 Å². The summed E-state index contributed by atoms with van der Waals surface area (Å²) in [6, 6.07) is -0.859. The van der Waals surface area contributed by atoms with Crippen molar-refractivity contribution in [1.82, 2.24) is 5.32 Å². The van der Waals surface area contributed by atoms with Gasteiger partial charge in [-0.05, 0) is 109 Å². The van der Waals surface area contributed by atoms with Crippen LogP contribution in [-0.2, 0) is 27.9 Å². The molecule has 1 amide bonds. The summed E-state index contributed by atoms with van der Waals surface area (Å²) < 4.78 is 30.8. The first-order valence-electron chi connectivity index (χ1n) is 34.1. The number of rotatable bonds is 61. The summed E-state index contributed by atoms with van der Waals surface area (Å²) in [4.78, 5) is 37.8. The summed E-state index contributed by atoms with van der Waals surface area (Å²) in [6.07, 6.45) is 82.7. The van der Waals surface area contributed by atoms with Crippen LogP contribution in [0.4, 0.5) is 0 Å². The van der Waals surface area contributed by atoms with E-state index in [9.17, 15) is 19.0 Å². The second-order valence-corrected chi connectivity index (χ2v) is 25.4. The molecule has 0 aromatic heterocycles. The standard InChI is InChI=1S/C72H129N2O7P/c1-7-10-13-16-19-22-25-28-30-32-33-34-35-36-37-38-39-40-41-43-45-47-50-53-56-59-62-65-72(76)81-70(63-60-57-54-51-48-27-24-21-18-15-12-9-3)69(68-80-82(77,78)79-67-66-74(4,5)6)73-71(75)64-61-58-55-52-49-46-44-42-31-29-26-23-20-17-14-11-8-2/h10,13,19-20,22-23,28-31,33-34,36-37,60,63,69-70H,7-9,11-12,14-18,21,24-27,32,35,38-59,61-62,64-68H2,1-6H3,(H-,73,75,77,78)/p+1/b13-10-,22-19-,23-20-,30-28-,31-29-,34-33-,37-36-,63-60-. The molecule has 0 spiro atoms. The predicted molar refractivity (Wildman–Crippen MR) is 355 cm³/mol. The van der Waals surface area contributed by atoms with Crippen molar-refractivity contribution in [2.75, 3.05) is 40.9 Å². The highest BCUT2D eigenvalue weighted by Gasteiger charge is 2.30. The van der Waals surface area contributed by atoms with Crippen LogP contribution in [0, 0.1) is 0 Å². The fourth-order valence-electron chi connectivity index (χ4n) is 9.53. The lowest BCUT2D eigenvalue weighted by atomic mass is 10.0. The molecule has 0 aliphatic rings. The molecule has 0 saturated carbocycles. The van der Waals surface area contributed by atoms with Gasteiger partial charge in [0.25, 0.3) is 0 Å². The van der Waals surface area contributed by atoms with Crippen molar-refractivity contribution in [3.8, 4) is 0 Å². The minimum atomic E-state index is -4.46. The van der Waals surface area contributed by atoms with E-state index in [0.717, 1.165) is 109 Å². The molecule has 3 atom stereocenters. The molecule has 3 unspecified atom stereocenters. The SMILES string of the molecule is CC/C=C\C/C=C\C/C=C\C/C=C\C/C=C\CCCCCCCCCCCCCC(=O)OC(/C=C\CCCCCCCCCCCC)C(COP(=O)(O)OCC[N+](C)(C)C)NC(=O)CCCCCCCCC/C=C\C/C=C\CCCCC. The third-order valence-electron chi connectivity index (χ3n) is 14.8. The van der Waals surface area contributed by atoms with Gasteiger partial charge in [0.15, 0.2) is 0 Å². The van der Waals surface area contributed by atoms with Crippen molar-refractivity contribution in [3.05, 3.63) is 97.2 Å². The molecular weight excluding hydrogens is 1040 g/mol. The Morgan fingerprint density at radius 2 is 0.780 bits per heavy atom. The lowest BCUT2D eigenvalue weighted by Crippen LogP contribution is -2.47. The number of likely N-dealkylation sites (N-methyl/N-ethyl adjacent to an activating group) is 1. The fourth-order valence-corrected chi connectivity index (χ4v) is 10.3. The predicted octanol–water partition coefficient (Wildman–Crippen LogP) is 21.5. The van der Waals surface area contributed by atoms with Crippen molar-refractivity contribution in [2.24, 2.45) is 0 Å². The fraction of sp³-hybridized carbons (Fsp3) is 0.750. The van der Waals surface area contributed by atoms with Crippen LogP contribution in [0.3, 0.4) is 0 Å². The Balaban J connectivity index is 5.09. The van der Waals surface area contributed by atoms with Gasteiger partial charge >= 0.3 is 13.8 Å². The van der Waals surface area contributed by atoms with Gasteiger partial charge in [0.05, 0.1) is 33.8 Å². The van der Waals surface area contributed by atoms with Gasteiger partial charge in [-0.1, -0.05) is 272 Å². The van der Waals surface area contributed by atoms with Gasteiger partial charge in [0.1, 0.15) is 19.3 Å². The molecule has 0 aromatic carbocycles. The third kappa shape index (κ3) is 61.5. The van der Waals surface area contributed by atoms with Crippen LogP contribution in [0.15, 0.2) is 97.2 Å². The molecular formula is C72H130N2O7P+. The molecule has 0 aliphatic heterocycles. The lowest BCUT2D eigenvalue weighted by molar-refractivity contribution is -0.870. The van der Waals surface area contributed by atoms with Crippen molar-refractivity contribution in [1.29, 1.82) is 0 Å². The first-order chi connectivity index (χ1) is 39.9. The number of carbonyl (C=O) groups is 2. The number of quaternary nitrogens is 1. The number of phosphoric acid groups is 1. The van der Waals surface area contributed by atoms with Crippen LogP contribution in [-0.4, -0.2) is 74.3 Å². The van der Waals surface area contributed by atoms with Crippen LogP contribution in [0.2, 0.25) is 0 Å². The van der Waals surface area contributed by atoms with Gasteiger partial charge in [-0.25, -0.2) is 4.57 Å². The zero-order valence-corrected chi connectivity index (χ0v) is 55.1. The molecule has 9 nitrogen and oxygen atoms in total. The molecule has 0 aliphatic carbocycles. The Labute approximate surface area is 507 Å². The minimum Gasteiger partial charge on any atom is -0.456 e. The van der Waals surface area contributed by atoms with Crippen molar-refractivity contribution < 1.29 is 37.3 Å². The number of unbranched alkanes of at least 4 members (excludes halogenated alkanes) is 31. The van der Waals surface area contributed by atoms with Crippen LogP contribution < -0.4 is 5.32 Å². The highest BCUT2D eigenvalue weighted by Crippen LogP contribution is 2.43. The highest BCUT2D eigenvalue weighted by molar-refractivity contribution is 7.47. The Bertz CT molecular complexity index is 1720. The molecule has 0 radical (unpaired) electrons. The largest absolute Gasteiger partial charge is 0.472 e. The average Bonchev–Trinajstić information content (AvgIpc) is 3.44. The number of nitrogens with one attached hydrogen (secondary N) is 1. The maximum atomic E-state index is 13.6. The summed E-state index contributed by atoms with van der Waals surface area (Å²) in [5.74, 6) is -0.516. The minimum absolute atomic E-state index is 0.0348. The van der Waals surface area contributed by atoms with E-state index in [1.807, 2.05) is 33.3 Å². The smallest absolute Gasteiger partial charge is 0.456 e. The Kier molecular flexibility index (Phi) is 58.7. The summed E-state index contributed by atoms with van der Waals surface area (Å²) in [5.41, 5.74) is 0. The van der Waals surface area contributed by atoms with Gasteiger partial charge in [0.2, 0.25) is 5.91 Å². The maximum absolute atomic E-state index is 13.6. The van der Waals surface area contributed by atoms with Gasteiger partial charge in [-0.2, -0.15) is 0 Å².